The molecule has 0 spiro atoms. The van der Waals surface area contributed by atoms with Gasteiger partial charge >= 0.3 is 0 Å². The molecule has 1 aliphatic rings. The van der Waals surface area contributed by atoms with E-state index in [2.05, 4.69) is 20.7 Å². The van der Waals surface area contributed by atoms with Gasteiger partial charge in [0, 0.05) is 6.04 Å². The third kappa shape index (κ3) is 3.12. The number of hydrogen-bond acceptors (Lipinski definition) is 5. The molecule has 2 heterocycles. The molecule has 1 amide bonds. The standard InChI is InChI=1S/C20H21N5O2/c1-13-17(19(26)24-15-10-6-7-11-16(15)27-2)18(14-8-4-3-5-9-14)25-20(23-13)21-12-22-25/h3-13,17-18H,1-2H3,(H,24,26)(H,21,22,23)/t13-,17+,18+/m1/s1. The molecule has 3 aromatic rings. The Balaban J connectivity index is 1.72. The topological polar surface area (TPSA) is 81.1 Å². The molecule has 2 aromatic carbocycles. The molecular formula is C20H21N5O2. The summed E-state index contributed by atoms with van der Waals surface area (Å²) in [5.74, 6) is 0.804. The number of carbonyl (C=O) groups excluding carboxylic acids is 1. The number of aromatic nitrogens is 3. The number of benzene rings is 2. The zero-order chi connectivity index (χ0) is 18.8. The highest BCUT2D eigenvalue weighted by atomic mass is 16.5. The molecule has 2 N–H and O–H groups in total. The number of nitrogens with zero attached hydrogens (tertiary/aromatic N) is 3. The Morgan fingerprint density at radius 3 is 2.67 bits per heavy atom. The summed E-state index contributed by atoms with van der Waals surface area (Å²) >= 11 is 0. The summed E-state index contributed by atoms with van der Waals surface area (Å²) in [6, 6.07) is 16.9. The van der Waals surface area contributed by atoms with E-state index >= 15 is 0 Å². The van der Waals surface area contributed by atoms with Crippen molar-refractivity contribution >= 4 is 17.5 Å². The van der Waals surface area contributed by atoms with E-state index in [9.17, 15) is 4.79 Å². The first-order valence-corrected chi connectivity index (χ1v) is 8.84. The van der Waals surface area contributed by atoms with Crippen molar-refractivity contribution in [1.82, 2.24) is 14.8 Å². The molecule has 0 saturated carbocycles. The Kier molecular flexibility index (Phi) is 4.50. The lowest BCUT2D eigenvalue weighted by Crippen LogP contribution is -2.46. The van der Waals surface area contributed by atoms with Gasteiger partial charge in [0.15, 0.2) is 0 Å². The molecule has 0 aliphatic carbocycles. The minimum Gasteiger partial charge on any atom is -0.495 e. The van der Waals surface area contributed by atoms with E-state index in [1.165, 1.54) is 6.33 Å². The molecular weight excluding hydrogens is 342 g/mol. The summed E-state index contributed by atoms with van der Waals surface area (Å²) in [6.07, 6.45) is 1.51. The molecule has 1 aliphatic heterocycles. The molecule has 0 saturated heterocycles. The maximum atomic E-state index is 13.3. The van der Waals surface area contributed by atoms with Gasteiger partial charge in [-0.15, -0.1) is 0 Å². The van der Waals surface area contributed by atoms with Gasteiger partial charge in [0.1, 0.15) is 12.1 Å². The number of methoxy groups -OCH3 is 1. The maximum absolute atomic E-state index is 13.3. The summed E-state index contributed by atoms with van der Waals surface area (Å²) < 4.78 is 7.14. The van der Waals surface area contributed by atoms with E-state index in [0.717, 1.165) is 5.56 Å². The number of carbonyl (C=O) groups is 1. The minimum atomic E-state index is -0.383. The van der Waals surface area contributed by atoms with Crippen LogP contribution in [0.3, 0.4) is 0 Å². The fourth-order valence-corrected chi connectivity index (χ4v) is 3.61. The summed E-state index contributed by atoms with van der Waals surface area (Å²) in [6.45, 7) is 1.99. The van der Waals surface area contributed by atoms with Crippen LogP contribution in [-0.2, 0) is 4.79 Å². The molecule has 0 bridgehead atoms. The average molecular weight is 363 g/mol. The number of hydrogen-bond donors (Lipinski definition) is 2. The number of fused-ring (bicyclic) bond motifs is 1. The van der Waals surface area contributed by atoms with Crippen LogP contribution >= 0.6 is 0 Å². The van der Waals surface area contributed by atoms with Crippen molar-refractivity contribution in [2.24, 2.45) is 5.92 Å². The van der Waals surface area contributed by atoms with Crippen molar-refractivity contribution in [3.63, 3.8) is 0 Å². The number of ether oxygens (including phenoxy) is 1. The van der Waals surface area contributed by atoms with E-state index in [0.29, 0.717) is 17.4 Å². The highest BCUT2D eigenvalue weighted by Gasteiger charge is 2.41. The fraction of sp³-hybridized carbons (Fsp3) is 0.250. The fourth-order valence-electron chi connectivity index (χ4n) is 3.61. The Morgan fingerprint density at radius 2 is 1.89 bits per heavy atom. The predicted molar refractivity (Wildman–Crippen MR) is 103 cm³/mol. The van der Waals surface area contributed by atoms with Crippen molar-refractivity contribution in [2.75, 3.05) is 17.7 Å². The number of rotatable bonds is 4. The minimum absolute atomic E-state index is 0.102. The van der Waals surface area contributed by atoms with Gasteiger partial charge < -0.3 is 15.4 Å². The highest BCUT2D eigenvalue weighted by Crippen LogP contribution is 2.36. The molecule has 3 atom stereocenters. The lowest BCUT2D eigenvalue weighted by atomic mass is 9.85. The lowest BCUT2D eigenvalue weighted by molar-refractivity contribution is -0.121. The van der Waals surface area contributed by atoms with Crippen LogP contribution in [0.5, 0.6) is 5.75 Å². The molecule has 138 valence electrons. The van der Waals surface area contributed by atoms with Gasteiger partial charge in [-0.25, -0.2) is 4.68 Å². The summed E-state index contributed by atoms with van der Waals surface area (Å²) in [4.78, 5) is 17.6. The number of para-hydroxylation sites is 2. The van der Waals surface area contributed by atoms with E-state index in [1.807, 2.05) is 61.5 Å². The van der Waals surface area contributed by atoms with Gasteiger partial charge in [0.05, 0.1) is 24.8 Å². The second kappa shape index (κ2) is 7.11. The Hall–Kier alpha value is -3.35. The van der Waals surface area contributed by atoms with Gasteiger partial charge in [-0.1, -0.05) is 42.5 Å². The maximum Gasteiger partial charge on any atom is 0.232 e. The van der Waals surface area contributed by atoms with Crippen LogP contribution in [0.2, 0.25) is 0 Å². The van der Waals surface area contributed by atoms with Crippen molar-refractivity contribution < 1.29 is 9.53 Å². The molecule has 7 nitrogen and oxygen atoms in total. The molecule has 0 unspecified atom stereocenters. The van der Waals surface area contributed by atoms with Gasteiger partial charge in [-0.05, 0) is 24.6 Å². The van der Waals surface area contributed by atoms with E-state index < -0.39 is 0 Å². The summed E-state index contributed by atoms with van der Waals surface area (Å²) in [5, 5.41) is 10.7. The number of amides is 1. The predicted octanol–water partition coefficient (Wildman–Crippen LogP) is 2.95. The van der Waals surface area contributed by atoms with Crippen LogP contribution in [0.1, 0.15) is 18.5 Å². The Labute approximate surface area is 157 Å². The molecule has 0 fully saturated rings. The van der Waals surface area contributed by atoms with Crippen molar-refractivity contribution in [1.29, 1.82) is 0 Å². The molecule has 0 radical (unpaired) electrons. The zero-order valence-electron chi connectivity index (χ0n) is 15.2. The van der Waals surface area contributed by atoms with Crippen molar-refractivity contribution in [3.05, 3.63) is 66.5 Å². The molecule has 7 heteroatoms. The monoisotopic (exact) mass is 363 g/mol. The number of anilines is 2. The zero-order valence-corrected chi connectivity index (χ0v) is 15.2. The van der Waals surface area contributed by atoms with Gasteiger partial charge in [-0.3, -0.25) is 4.79 Å². The SMILES string of the molecule is COc1ccccc1NC(=O)[C@H]1[C@@H](C)Nc2ncnn2[C@H]1c1ccccc1. The first-order valence-electron chi connectivity index (χ1n) is 8.84. The number of nitrogens with one attached hydrogen (secondary N) is 2. The first kappa shape index (κ1) is 17.1. The Bertz CT molecular complexity index is 940. The largest absolute Gasteiger partial charge is 0.495 e. The lowest BCUT2D eigenvalue weighted by Gasteiger charge is -2.36. The van der Waals surface area contributed by atoms with Crippen molar-refractivity contribution in [2.45, 2.75) is 19.0 Å². The van der Waals surface area contributed by atoms with E-state index in [4.69, 9.17) is 4.74 Å². The molecule has 27 heavy (non-hydrogen) atoms. The van der Waals surface area contributed by atoms with Crippen LogP contribution in [0.25, 0.3) is 0 Å². The Morgan fingerprint density at radius 1 is 1.15 bits per heavy atom. The van der Waals surface area contributed by atoms with E-state index in [1.54, 1.807) is 11.8 Å². The van der Waals surface area contributed by atoms with Crippen LogP contribution in [-0.4, -0.2) is 33.8 Å². The summed E-state index contributed by atoms with van der Waals surface area (Å²) in [7, 11) is 1.59. The molecule has 1 aromatic heterocycles. The van der Waals surface area contributed by atoms with Crippen molar-refractivity contribution in [3.8, 4) is 5.75 Å². The van der Waals surface area contributed by atoms with Gasteiger partial charge in [-0.2, -0.15) is 10.1 Å². The average Bonchev–Trinajstić information content (AvgIpc) is 3.15. The third-order valence-electron chi connectivity index (χ3n) is 4.88. The van der Waals surface area contributed by atoms with Crippen LogP contribution < -0.4 is 15.4 Å². The summed E-state index contributed by atoms with van der Waals surface area (Å²) in [5.41, 5.74) is 1.66. The first-order chi connectivity index (χ1) is 13.2. The van der Waals surface area contributed by atoms with Gasteiger partial charge in [0.25, 0.3) is 0 Å². The third-order valence-corrected chi connectivity index (χ3v) is 4.88. The molecule has 4 rings (SSSR count). The smallest absolute Gasteiger partial charge is 0.232 e. The van der Waals surface area contributed by atoms with E-state index in [-0.39, 0.29) is 23.9 Å². The second-order valence-electron chi connectivity index (χ2n) is 6.53. The van der Waals surface area contributed by atoms with Crippen LogP contribution in [0.4, 0.5) is 11.6 Å². The second-order valence-corrected chi connectivity index (χ2v) is 6.53. The quantitative estimate of drug-likeness (QED) is 0.745. The normalized spacial score (nSPS) is 21.0. The van der Waals surface area contributed by atoms with Crippen LogP contribution in [0.15, 0.2) is 60.9 Å². The highest BCUT2D eigenvalue weighted by molar-refractivity contribution is 5.95. The van der Waals surface area contributed by atoms with Crippen LogP contribution in [0, 0.1) is 5.92 Å². The van der Waals surface area contributed by atoms with Gasteiger partial charge in [0.2, 0.25) is 11.9 Å².